The van der Waals surface area contributed by atoms with Crippen molar-refractivity contribution in [3.63, 3.8) is 0 Å². The highest BCUT2D eigenvalue weighted by atomic mass is 79.9. The highest BCUT2D eigenvalue weighted by molar-refractivity contribution is 9.11. The molecule has 0 aliphatic rings. The van der Waals surface area contributed by atoms with Crippen molar-refractivity contribution in [1.29, 1.82) is 0 Å². The largest absolute Gasteiger partial charge is 0.204 e. The standard InChI is InChI=1S/C12H8Br2F2S/c13-8(11-3-4-12(14)17-11)5-7-1-2-9(15)10(16)6-7/h1-4,6,8H,5H2. The van der Waals surface area contributed by atoms with Gasteiger partial charge in [-0.15, -0.1) is 11.3 Å². The van der Waals surface area contributed by atoms with Crippen molar-refractivity contribution in [2.75, 3.05) is 0 Å². The summed E-state index contributed by atoms with van der Waals surface area (Å²) in [5, 5.41) is 0. The number of hydrogen-bond donors (Lipinski definition) is 0. The zero-order valence-corrected chi connectivity index (χ0v) is 12.6. The van der Waals surface area contributed by atoms with Gasteiger partial charge in [-0.05, 0) is 52.2 Å². The highest BCUT2D eigenvalue weighted by Gasteiger charge is 2.12. The predicted molar refractivity (Wildman–Crippen MR) is 73.7 cm³/mol. The van der Waals surface area contributed by atoms with Crippen LogP contribution in [0.4, 0.5) is 8.78 Å². The molecule has 0 nitrogen and oxygen atoms in total. The van der Waals surface area contributed by atoms with Crippen LogP contribution in [0.15, 0.2) is 34.1 Å². The van der Waals surface area contributed by atoms with Crippen molar-refractivity contribution < 1.29 is 8.78 Å². The molecule has 0 spiro atoms. The molecule has 0 saturated carbocycles. The Morgan fingerprint density at radius 2 is 1.88 bits per heavy atom. The minimum Gasteiger partial charge on any atom is -0.204 e. The maximum Gasteiger partial charge on any atom is 0.159 e. The van der Waals surface area contributed by atoms with E-state index in [2.05, 4.69) is 31.9 Å². The number of halogens is 4. The molecule has 0 radical (unpaired) electrons. The molecule has 1 heterocycles. The monoisotopic (exact) mass is 380 g/mol. The first-order valence-electron chi connectivity index (χ1n) is 4.89. The Kier molecular flexibility index (Phi) is 4.33. The summed E-state index contributed by atoms with van der Waals surface area (Å²) in [5.41, 5.74) is 0.773. The lowest BCUT2D eigenvalue weighted by atomic mass is 10.1. The van der Waals surface area contributed by atoms with Crippen molar-refractivity contribution in [2.24, 2.45) is 0 Å². The van der Waals surface area contributed by atoms with Gasteiger partial charge in [-0.25, -0.2) is 8.78 Å². The van der Waals surface area contributed by atoms with E-state index in [9.17, 15) is 8.78 Å². The van der Waals surface area contributed by atoms with E-state index in [1.807, 2.05) is 12.1 Å². The van der Waals surface area contributed by atoms with Crippen molar-refractivity contribution in [3.05, 3.63) is 56.2 Å². The molecule has 2 aromatic rings. The molecule has 0 bridgehead atoms. The molecule has 0 amide bonds. The fourth-order valence-electron chi connectivity index (χ4n) is 1.47. The van der Waals surface area contributed by atoms with Crippen LogP contribution in [0, 0.1) is 11.6 Å². The van der Waals surface area contributed by atoms with Gasteiger partial charge >= 0.3 is 0 Å². The first kappa shape index (κ1) is 13.2. The molecule has 1 aromatic heterocycles. The van der Waals surface area contributed by atoms with E-state index in [1.54, 1.807) is 17.4 Å². The summed E-state index contributed by atoms with van der Waals surface area (Å²) in [7, 11) is 0. The fourth-order valence-corrected chi connectivity index (χ4v) is 3.68. The quantitative estimate of drug-likeness (QED) is 0.618. The van der Waals surface area contributed by atoms with Crippen LogP contribution in [0.25, 0.3) is 0 Å². The second kappa shape index (κ2) is 5.59. The molecule has 1 atom stereocenters. The lowest BCUT2D eigenvalue weighted by Crippen LogP contribution is -1.95. The summed E-state index contributed by atoms with van der Waals surface area (Å²) >= 11 is 8.57. The van der Waals surface area contributed by atoms with Crippen molar-refractivity contribution in [1.82, 2.24) is 0 Å². The molecule has 17 heavy (non-hydrogen) atoms. The van der Waals surface area contributed by atoms with Crippen LogP contribution in [-0.2, 0) is 6.42 Å². The molecule has 2 rings (SSSR count). The number of thiophene rings is 1. The minimum absolute atomic E-state index is 0.115. The zero-order valence-electron chi connectivity index (χ0n) is 8.59. The molecule has 0 N–H and O–H groups in total. The molecular weight excluding hydrogens is 374 g/mol. The lowest BCUT2D eigenvalue weighted by molar-refractivity contribution is 0.507. The van der Waals surface area contributed by atoms with Gasteiger partial charge < -0.3 is 0 Å². The van der Waals surface area contributed by atoms with Crippen LogP contribution in [-0.4, -0.2) is 0 Å². The van der Waals surface area contributed by atoms with E-state index >= 15 is 0 Å². The number of rotatable bonds is 3. The summed E-state index contributed by atoms with van der Waals surface area (Å²) in [5.74, 6) is -1.60. The molecule has 1 unspecified atom stereocenters. The topological polar surface area (TPSA) is 0 Å². The van der Waals surface area contributed by atoms with E-state index in [0.29, 0.717) is 6.42 Å². The smallest absolute Gasteiger partial charge is 0.159 e. The van der Waals surface area contributed by atoms with Gasteiger partial charge in [-0.2, -0.15) is 0 Å². The molecule has 90 valence electrons. The first-order valence-corrected chi connectivity index (χ1v) is 7.42. The Morgan fingerprint density at radius 3 is 2.47 bits per heavy atom. The van der Waals surface area contributed by atoms with Gasteiger partial charge in [0.2, 0.25) is 0 Å². The Labute approximate surface area is 119 Å². The van der Waals surface area contributed by atoms with Gasteiger partial charge in [0.1, 0.15) is 0 Å². The maximum absolute atomic E-state index is 13.0. The minimum atomic E-state index is -0.807. The Hall–Kier alpha value is -0.260. The summed E-state index contributed by atoms with van der Waals surface area (Å²) in [4.78, 5) is 1.27. The fraction of sp³-hybridized carbons (Fsp3) is 0.167. The molecule has 1 aromatic carbocycles. The van der Waals surface area contributed by atoms with E-state index in [1.165, 1.54) is 6.07 Å². The van der Waals surface area contributed by atoms with Gasteiger partial charge in [0.05, 0.1) is 8.61 Å². The molecule has 5 heteroatoms. The van der Waals surface area contributed by atoms with Crippen LogP contribution >= 0.6 is 43.2 Å². The van der Waals surface area contributed by atoms with Crippen LogP contribution in [0.2, 0.25) is 0 Å². The van der Waals surface area contributed by atoms with Crippen LogP contribution < -0.4 is 0 Å². The van der Waals surface area contributed by atoms with Gasteiger partial charge in [-0.1, -0.05) is 22.0 Å². The van der Waals surface area contributed by atoms with Crippen molar-refractivity contribution >= 4 is 43.2 Å². The average molecular weight is 382 g/mol. The summed E-state index contributed by atoms with van der Waals surface area (Å²) in [6, 6.07) is 7.99. The Balaban J connectivity index is 2.12. The highest BCUT2D eigenvalue weighted by Crippen LogP contribution is 2.34. The van der Waals surface area contributed by atoms with Gasteiger partial charge in [0, 0.05) is 4.88 Å². The summed E-state index contributed by atoms with van der Waals surface area (Å²) < 4.78 is 26.9. The lowest BCUT2D eigenvalue weighted by Gasteiger charge is -2.07. The molecule has 0 aliphatic carbocycles. The molecule has 0 saturated heterocycles. The third-order valence-corrected chi connectivity index (χ3v) is 5.16. The normalized spacial score (nSPS) is 12.7. The van der Waals surface area contributed by atoms with Gasteiger partial charge in [0.25, 0.3) is 0 Å². The van der Waals surface area contributed by atoms with E-state index < -0.39 is 11.6 Å². The van der Waals surface area contributed by atoms with Gasteiger partial charge in [0.15, 0.2) is 11.6 Å². The van der Waals surface area contributed by atoms with Gasteiger partial charge in [-0.3, -0.25) is 0 Å². The molecular formula is C12H8Br2F2S. The van der Waals surface area contributed by atoms with Crippen LogP contribution in [0.3, 0.4) is 0 Å². The van der Waals surface area contributed by atoms with Crippen molar-refractivity contribution in [3.8, 4) is 0 Å². The number of alkyl halides is 1. The number of hydrogen-bond acceptors (Lipinski definition) is 1. The first-order chi connectivity index (χ1) is 8.06. The third kappa shape index (κ3) is 3.36. The number of benzene rings is 1. The van der Waals surface area contributed by atoms with E-state index in [-0.39, 0.29) is 4.83 Å². The Bertz CT molecular complexity index is 525. The van der Waals surface area contributed by atoms with Crippen molar-refractivity contribution in [2.45, 2.75) is 11.2 Å². The average Bonchev–Trinajstić information content (AvgIpc) is 2.70. The predicted octanol–water partition coefficient (Wildman–Crippen LogP) is 5.47. The van der Waals surface area contributed by atoms with Crippen LogP contribution in [0.5, 0.6) is 0 Å². The molecule has 0 fully saturated rings. The van der Waals surface area contributed by atoms with E-state index in [4.69, 9.17) is 0 Å². The Morgan fingerprint density at radius 1 is 1.12 bits per heavy atom. The maximum atomic E-state index is 13.0. The molecule has 0 aliphatic heterocycles. The second-order valence-corrected chi connectivity index (χ2v) is 7.16. The summed E-state index contributed by atoms with van der Waals surface area (Å²) in [6.07, 6.45) is 0.629. The summed E-state index contributed by atoms with van der Waals surface area (Å²) in [6.45, 7) is 0. The van der Waals surface area contributed by atoms with E-state index in [0.717, 1.165) is 20.3 Å². The third-order valence-electron chi connectivity index (χ3n) is 2.30. The SMILES string of the molecule is Fc1ccc(CC(Br)c2ccc(Br)s2)cc1F. The second-order valence-electron chi connectivity index (χ2n) is 3.56. The van der Waals surface area contributed by atoms with Crippen LogP contribution in [0.1, 0.15) is 15.3 Å². The zero-order chi connectivity index (χ0) is 12.4.